The second-order valence-corrected chi connectivity index (χ2v) is 8.69. The second-order valence-electron chi connectivity index (χ2n) is 7.28. The van der Waals surface area contributed by atoms with Gasteiger partial charge in [-0.05, 0) is 18.1 Å². The van der Waals surface area contributed by atoms with Crippen molar-refractivity contribution in [1.29, 1.82) is 0 Å². The molecule has 31 heavy (non-hydrogen) atoms. The molecule has 0 aliphatic carbocycles. The van der Waals surface area contributed by atoms with E-state index in [1.165, 1.54) is 6.92 Å². The van der Waals surface area contributed by atoms with E-state index < -0.39 is 17.9 Å². The van der Waals surface area contributed by atoms with Gasteiger partial charge in [0.05, 0.1) is 21.2 Å². The number of carbonyl (C=O) groups is 3. The number of nitrogens with zero attached hydrogens (tertiary/aromatic N) is 1. The second kappa shape index (κ2) is 9.85. The van der Waals surface area contributed by atoms with E-state index in [1.807, 2.05) is 44.2 Å². The zero-order chi connectivity index (χ0) is 22.5. The van der Waals surface area contributed by atoms with Gasteiger partial charge in [0.15, 0.2) is 10.9 Å². The van der Waals surface area contributed by atoms with Crippen LogP contribution in [0.15, 0.2) is 54.6 Å². The largest absolute Gasteiger partial charge is 0.340 e. The molecule has 160 valence electrons. The van der Waals surface area contributed by atoms with Gasteiger partial charge in [-0.25, -0.2) is 4.98 Å². The molecule has 0 spiro atoms. The van der Waals surface area contributed by atoms with Crippen molar-refractivity contribution in [1.82, 2.24) is 10.3 Å². The SMILES string of the molecule is CC(=O)c1sc(NC(=O)C(NC(=O)c2ccccc2Cl)C(C)C)nc1-c1ccccc1. The maximum absolute atomic E-state index is 13.0. The third-order valence-electron chi connectivity index (χ3n) is 4.58. The molecule has 0 radical (unpaired) electrons. The predicted molar refractivity (Wildman–Crippen MR) is 124 cm³/mol. The molecule has 0 saturated carbocycles. The van der Waals surface area contributed by atoms with E-state index in [0.717, 1.165) is 16.9 Å². The topological polar surface area (TPSA) is 88.2 Å². The highest BCUT2D eigenvalue weighted by Gasteiger charge is 2.27. The van der Waals surface area contributed by atoms with Crippen molar-refractivity contribution < 1.29 is 14.4 Å². The van der Waals surface area contributed by atoms with Gasteiger partial charge < -0.3 is 10.6 Å². The predicted octanol–water partition coefficient (Wildman–Crippen LogP) is 5.06. The molecule has 0 aliphatic heterocycles. The average molecular weight is 456 g/mol. The number of ketones is 1. The Balaban J connectivity index is 1.82. The van der Waals surface area contributed by atoms with Gasteiger partial charge in [-0.3, -0.25) is 14.4 Å². The Morgan fingerprint density at radius 3 is 2.26 bits per heavy atom. The van der Waals surface area contributed by atoms with Crippen molar-refractivity contribution in [2.75, 3.05) is 5.32 Å². The molecule has 0 saturated heterocycles. The number of benzene rings is 2. The van der Waals surface area contributed by atoms with E-state index in [-0.39, 0.29) is 11.7 Å². The van der Waals surface area contributed by atoms with Crippen LogP contribution in [0.3, 0.4) is 0 Å². The van der Waals surface area contributed by atoms with Crippen molar-refractivity contribution in [3.63, 3.8) is 0 Å². The first-order valence-electron chi connectivity index (χ1n) is 9.71. The van der Waals surface area contributed by atoms with Gasteiger partial charge in [-0.1, -0.05) is 79.2 Å². The molecule has 2 aromatic carbocycles. The summed E-state index contributed by atoms with van der Waals surface area (Å²) in [6.45, 7) is 5.12. The van der Waals surface area contributed by atoms with Gasteiger partial charge in [0.25, 0.3) is 5.91 Å². The molecule has 0 aliphatic rings. The lowest BCUT2D eigenvalue weighted by Crippen LogP contribution is -2.47. The highest BCUT2D eigenvalue weighted by Crippen LogP contribution is 2.31. The van der Waals surface area contributed by atoms with Crippen LogP contribution in [-0.2, 0) is 4.79 Å². The Kier molecular flexibility index (Phi) is 7.20. The van der Waals surface area contributed by atoms with Crippen molar-refractivity contribution >= 4 is 45.7 Å². The highest BCUT2D eigenvalue weighted by molar-refractivity contribution is 7.18. The van der Waals surface area contributed by atoms with Gasteiger partial charge >= 0.3 is 0 Å². The fourth-order valence-corrected chi connectivity index (χ4v) is 4.09. The van der Waals surface area contributed by atoms with E-state index >= 15 is 0 Å². The van der Waals surface area contributed by atoms with Crippen molar-refractivity contribution in [2.24, 2.45) is 5.92 Å². The molecule has 1 aromatic heterocycles. The summed E-state index contributed by atoms with van der Waals surface area (Å²) in [4.78, 5) is 42.6. The summed E-state index contributed by atoms with van der Waals surface area (Å²) >= 11 is 7.21. The highest BCUT2D eigenvalue weighted by atomic mass is 35.5. The van der Waals surface area contributed by atoms with Crippen LogP contribution in [0.1, 0.15) is 40.8 Å². The number of hydrogen-bond donors (Lipinski definition) is 2. The molecule has 3 rings (SSSR count). The number of aromatic nitrogens is 1. The summed E-state index contributed by atoms with van der Waals surface area (Å²) in [5, 5.41) is 6.10. The van der Waals surface area contributed by atoms with Crippen molar-refractivity contribution in [3.8, 4) is 11.3 Å². The lowest BCUT2D eigenvalue weighted by molar-refractivity contribution is -0.118. The molecule has 3 aromatic rings. The molecule has 2 N–H and O–H groups in total. The number of nitrogens with one attached hydrogen (secondary N) is 2. The van der Waals surface area contributed by atoms with Crippen molar-refractivity contribution in [3.05, 3.63) is 70.1 Å². The van der Waals surface area contributed by atoms with Gasteiger partial charge in [0, 0.05) is 12.5 Å². The summed E-state index contributed by atoms with van der Waals surface area (Å²) in [5.74, 6) is -1.18. The fraction of sp³-hybridized carbons (Fsp3) is 0.217. The van der Waals surface area contributed by atoms with E-state index in [2.05, 4.69) is 15.6 Å². The quantitative estimate of drug-likeness (QED) is 0.487. The standard InChI is InChI=1S/C23H22ClN3O3S/c1-13(2)18(25-21(29)16-11-7-8-12-17(16)24)22(30)27-23-26-19(20(31-23)14(3)28)15-9-5-4-6-10-15/h4-13,18H,1-3H3,(H,25,29)(H,26,27,30). The van der Waals surface area contributed by atoms with Crippen LogP contribution >= 0.6 is 22.9 Å². The molecular formula is C23H22ClN3O3S. The molecule has 8 heteroatoms. The minimum Gasteiger partial charge on any atom is -0.340 e. The molecule has 1 heterocycles. The fourth-order valence-electron chi connectivity index (χ4n) is 2.99. The lowest BCUT2D eigenvalue weighted by atomic mass is 10.0. The Bertz CT molecular complexity index is 1110. The third kappa shape index (κ3) is 5.37. The number of hydrogen-bond acceptors (Lipinski definition) is 5. The molecule has 0 fully saturated rings. The number of anilines is 1. The molecular weight excluding hydrogens is 434 g/mol. The lowest BCUT2D eigenvalue weighted by Gasteiger charge is -2.21. The Labute approximate surface area is 189 Å². The summed E-state index contributed by atoms with van der Waals surface area (Å²) < 4.78 is 0. The first kappa shape index (κ1) is 22.7. The van der Waals surface area contributed by atoms with Gasteiger partial charge in [-0.2, -0.15) is 0 Å². The third-order valence-corrected chi connectivity index (χ3v) is 5.98. The van der Waals surface area contributed by atoms with Crippen LogP contribution in [0.5, 0.6) is 0 Å². The number of thiazole rings is 1. The number of amides is 2. The first-order chi connectivity index (χ1) is 14.8. The summed E-state index contributed by atoms with van der Waals surface area (Å²) in [6.07, 6.45) is 0. The van der Waals surface area contributed by atoms with Crippen LogP contribution < -0.4 is 10.6 Å². The maximum atomic E-state index is 13.0. The normalized spacial score (nSPS) is 11.8. The van der Waals surface area contributed by atoms with Crippen LogP contribution in [0, 0.1) is 5.92 Å². The summed E-state index contributed by atoms with van der Waals surface area (Å²) in [6, 6.07) is 15.1. The molecule has 0 bridgehead atoms. The van der Waals surface area contributed by atoms with E-state index in [4.69, 9.17) is 11.6 Å². The molecule has 1 unspecified atom stereocenters. The van der Waals surface area contributed by atoms with E-state index in [1.54, 1.807) is 24.3 Å². The number of carbonyl (C=O) groups excluding carboxylic acids is 3. The molecule has 6 nitrogen and oxygen atoms in total. The van der Waals surface area contributed by atoms with Crippen molar-refractivity contribution in [2.45, 2.75) is 26.8 Å². The maximum Gasteiger partial charge on any atom is 0.253 e. The average Bonchev–Trinajstić information content (AvgIpc) is 3.16. The monoisotopic (exact) mass is 455 g/mol. The zero-order valence-electron chi connectivity index (χ0n) is 17.3. The number of rotatable bonds is 7. The van der Waals surface area contributed by atoms with Crippen LogP contribution in [0.2, 0.25) is 5.02 Å². The molecule has 1 atom stereocenters. The summed E-state index contributed by atoms with van der Waals surface area (Å²) in [5.41, 5.74) is 1.61. The smallest absolute Gasteiger partial charge is 0.253 e. The minimum absolute atomic E-state index is 0.135. The number of Topliss-reactive ketones (excluding diaryl/α,β-unsaturated/α-hetero) is 1. The Hall–Kier alpha value is -3.03. The minimum atomic E-state index is -0.811. The van der Waals surface area contributed by atoms with E-state index in [9.17, 15) is 14.4 Å². The van der Waals surface area contributed by atoms with Crippen LogP contribution in [0.25, 0.3) is 11.3 Å². The zero-order valence-corrected chi connectivity index (χ0v) is 18.9. The number of halogens is 1. The Morgan fingerprint density at radius 1 is 1.00 bits per heavy atom. The van der Waals surface area contributed by atoms with Crippen LogP contribution in [0.4, 0.5) is 5.13 Å². The first-order valence-corrected chi connectivity index (χ1v) is 10.9. The Morgan fingerprint density at radius 2 is 1.65 bits per heavy atom. The van der Waals surface area contributed by atoms with Gasteiger partial charge in [-0.15, -0.1) is 0 Å². The summed E-state index contributed by atoms with van der Waals surface area (Å²) in [7, 11) is 0. The van der Waals surface area contributed by atoms with Gasteiger partial charge in [0.2, 0.25) is 5.91 Å². The van der Waals surface area contributed by atoms with Crippen LogP contribution in [-0.4, -0.2) is 28.6 Å². The van der Waals surface area contributed by atoms with E-state index in [0.29, 0.717) is 26.3 Å². The molecule has 2 amide bonds. The van der Waals surface area contributed by atoms with Gasteiger partial charge in [0.1, 0.15) is 6.04 Å².